The van der Waals surface area contributed by atoms with Crippen LogP contribution in [0.15, 0.2) is 0 Å². The number of aliphatic carboxylic acids is 1. The van der Waals surface area contributed by atoms with Crippen LogP contribution in [0.1, 0.15) is 20.8 Å². The number of urea groups is 1. The highest BCUT2D eigenvalue weighted by molar-refractivity contribution is 6.35. The Morgan fingerprint density at radius 2 is 1.40 bits per heavy atom. The molecule has 20 heavy (non-hydrogen) atoms. The van der Waals surface area contributed by atoms with Crippen molar-refractivity contribution in [2.75, 3.05) is 0 Å². The summed E-state index contributed by atoms with van der Waals surface area (Å²) >= 11 is 0. The largest absolute Gasteiger partial charge is 0.479 e. The van der Waals surface area contributed by atoms with Crippen LogP contribution in [0.2, 0.25) is 0 Å². The van der Waals surface area contributed by atoms with Gasteiger partial charge < -0.3 is 10.4 Å². The summed E-state index contributed by atoms with van der Waals surface area (Å²) in [5.74, 6) is -6.91. The molecule has 0 bridgehead atoms. The summed E-state index contributed by atoms with van der Waals surface area (Å²) in [5, 5.41) is 12.7. The molecule has 9 heteroatoms. The molecule has 0 radical (unpaired) electrons. The van der Waals surface area contributed by atoms with Gasteiger partial charge >= 0.3 is 12.0 Å². The molecule has 1 atom stereocenters. The maximum absolute atomic E-state index is 12.0. The Hall–Kier alpha value is -2.58. The summed E-state index contributed by atoms with van der Waals surface area (Å²) in [5.41, 5.74) is -5.79. The number of hydrogen-bond donors (Lipinski definition) is 3. The number of Topliss-reactive ketones (excluding diaryl/α,β-unsaturated/α-hetero) is 3. The van der Waals surface area contributed by atoms with Crippen molar-refractivity contribution in [2.24, 2.45) is 5.41 Å². The molecular weight excluding hydrogens is 272 g/mol. The van der Waals surface area contributed by atoms with E-state index >= 15 is 0 Å². The number of imide groups is 1. The minimum atomic E-state index is -2.95. The number of amides is 3. The van der Waals surface area contributed by atoms with E-state index in [2.05, 4.69) is 0 Å². The van der Waals surface area contributed by atoms with Gasteiger partial charge in [-0.2, -0.15) is 0 Å². The van der Waals surface area contributed by atoms with E-state index in [1.165, 1.54) is 0 Å². The van der Waals surface area contributed by atoms with Crippen LogP contribution in [0.25, 0.3) is 0 Å². The lowest BCUT2D eigenvalue weighted by Gasteiger charge is -2.44. The Bertz CT molecular complexity index is 535. The van der Waals surface area contributed by atoms with Crippen molar-refractivity contribution in [2.45, 2.75) is 26.3 Å². The lowest BCUT2D eigenvalue weighted by atomic mass is 9.61. The molecule has 1 aliphatic rings. The maximum atomic E-state index is 12.0. The van der Waals surface area contributed by atoms with Crippen LogP contribution in [0.4, 0.5) is 4.79 Å². The van der Waals surface area contributed by atoms with Gasteiger partial charge in [0.15, 0.2) is 17.3 Å². The first-order chi connectivity index (χ1) is 9.05. The monoisotopic (exact) mass is 284 g/mol. The van der Waals surface area contributed by atoms with Gasteiger partial charge in [0.1, 0.15) is 0 Å². The highest BCUT2D eigenvalue weighted by Gasteiger charge is 2.73. The Labute approximate surface area is 112 Å². The fourth-order valence-electron chi connectivity index (χ4n) is 2.47. The fourth-order valence-corrected chi connectivity index (χ4v) is 2.47. The highest BCUT2D eigenvalue weighted by Crippen LogP contribution is 2.38. The van der Waals surface area contributed by atoms with Gasteiger partial charge in [-0.05, 0) is 20.8 Å². The lowest BCUT2D eigenvalue weighted by Crippen LogP contribution is -2.82. The average molecular weight is 284 g/mol. The maximum Gasteiger partial charge on any atom is 0.339 e. The van der Waals surface area contributed by atoms with Gasteiger partial charge in [-0.25, -0.2) is 9.59 Å². The number of carboxylic acids is 1. The van der Waals surface area contributed by atoms with E-state index in [1.807, 2.05) is 0 Å². The van der Waals surface area contributed by atoms with E-state index < -0.39 is 46.2 Å². The molecule has 0 spiro atoms. The van der Waals surface area contributed by atoms with Crippen LogP contribution >= 0.6 is 0 Å². The predicted molar refractivity (Wildman–Crippen MR) is 61.5 cm³/mol. The normalized spacial score (nSPS) is 24.4. The summed E-state index contributed by atoms with van der Waals surface area (Å²) in [4.78, 5) is 70.4. The number of ketones is 3. The molecule has 0 aromatic carbocycles. The summed E-state index contributed by atoms with van der Waals surface area (Å²) in [6.07, 6.45) is 0. The molecule has 0 aliphatic carbocycles. The quantitative estimate of drug-likeness (QED) is 0.527. The van der Waals surface area contributed by atoms with Gasteiger partial charge in [-0.15, -0.1) is 0 Å². The van der Waals surface area contributed by atoms with Crippen LogP contribution in [0, 0.1) is 5.41 Å². The number of hydrogen-bond acceptors (Lipinski definition) is 6. The van der Waals surface area contributed by atoms with E-state index in [-0.39, 0.29) is 0 Å². The summed E-state index contributed by atoms with van der Waals surface area (Å²) < 4.78 is 0. The number of carboxylic acid groups (broad SMARTS) is 1. The molecule has 1 fully saturated rings. The van der Waals surface area contributed by atoms with E-state index in [0.717, 1.165) is 20.8 Å². The van der Waals surface area contributed by atoms with Crippen molar-refractivity contribution < 1.29 is 33.9 Å². The van der Waals surface area contributed by atoms with Crippen molar-refractivity contribution >= 4 is 35.3 Å². The third kappa shape index (κ3) is 1.55. The summed E-state index contributed by atoms with van der Waals surface area (Å²) in [6, 6.07) is -1.27. The van der Waals surface area contributed by atoms with Crippen LogP contribution in [-0.4, -0.2) is 45.9 Å². The van der Waals surface area contributed by atoms with E-state index in [0.29, 0.717) is 0 Å². The summed E-state index contributed by atoms with van der Waals surface area (Å²) in [6.45, 7) is 2.38. The third-order valence-corrected chi connectivity index (χ3v) is 3.34. The zero-order valence-corrected chi connectivity index (χ0v) is 10.9. The van der Waals surface area contributed by atoms with Crippen LogP contribution < -0.4 is 10.6 Å². The van der Waals surface area contributed by atoms with Crippen LogP contribution in [0.5, 0.6) is 0 Å². The van der Waals surface area contributed by atoms with Gasteiger partial charge in [0, 0.05) is 0 Å². The van der Waals surface area contributed by atoms with Crippen molar-refractivity contribution in [3.8, 4) is 0 Å². The Kier molecular flexibility index (Phi) is 3.49. The molecule has 1 heterocycles. The second-order valence-corrected chi connectivity index (χ2v) is 4.38. The minimum absolute atomic E-state index is 0.771. The van der Waals surface area contributed by atoms with Gasteiger partial charge in [0.2, 0.25) is 11.0 Å². The second kappa shape index (κ2) is 4.51. The standard InChI is InChI=1S/C11H12N2O7/c1-4(14)10(5(2)15)7(17)12-9(20)13-11(10,6(3)16)8(18)19/h1-3H3,(H,18,19)(H2,12,13,17,20). The third-order valence-electron chi connectivity index (χ3n) is 3.34. The SMILES string of the molecule is CC(=O)C1(C(=O)O)NC(=O)NC(=O)C1(C(C)=O)C(C)=O. The number of rotatable bonds is 4. The molecule has 0 aromatic heterocycles. The van der Waals surface area contributed by atoms with Crippen molar-refractivity contribution in [1.82, 2.24) is 10.6 Å². The molecule has 108 valence electrons. The first-order valence-electron chi connectivity index (χ1n) is 5.45. The zero-order valence-electron chi connectivity index (χ0n) is 10.9. The smallest absolute Gasteiger partial charge is 0.339 e. The van der Waals surface area contributed by atoms with Crippen molar-refractivity contribution in [3.63, 3.8) is 0 Å². The molecular formula is C11H12N2O7. The minimum Gasteiger partial charge on any atom is -0.479 e. The van der Waals surface area contributed by atoms with Gasteiger partial charge in [-0.3, -0.25) is 24.5 Å². The van der Waals surface area contributed by atoms with Crippen LogP contribution in [0.3, 0.4) is 0 Å². The predicted octanol–water partition coefficient (Wildman–Crippen LogP) is -1.60. The first kappa shape index (κ1) is 15.5. The first-order valence-corrected chi connectivity index (χ1v) is 5.45. The molecule has 0 aromatic rings. The van der Waals surface area contributed by atoms with Crippen molar-refractivity contribution in [3.05, 3.63) is 0 Å². The molecule has 3 amide bonds. The molecule has 9 nitrogen and oxygen atoms in total. The van der Waals surface area contributed by atoms with E-state index in [9.17, 15) is 33.9 Å². The number of carbonyl (C=O) groups is 6. The molecule has 1 unspecified atom stereocenters. The van der Waals surface area contributed by atoms with E-state index in [4.69, 9.17) is 0 Å². The highest BCUT2D eigenvalue weighted by atomic mass is 16.4. The summed E-state index contributed by atoms with van der Waals surface area (Å²) in [7, 11) is 0. The molecule has 1 rings (SSSR count). The molecule has 1 saturated heterocycles. The average Bonchev–Trinajstić information content (AvgIpc) is 2.25. The molecule has 3 N–H and O–H groups in total. The van der Waals surface area contributed by atoms with E-state index in [1.54, 1.807) is 10.6 Å². The number of carbonyl (C=O) groups excluding carboxylic acids is 5. The Morgan fingerprint density at radius 1 is 0.950 bits per heavy atom. The Balaban J connectivity index is 3.88. The molecule has 0 saturated carbocycles. The lowest BCUT2D eigenvalue weighted by molar-refractivity contribution is -0.171. The fraction of sp³-hybridized carbons (Fsp3) is 0.455. The van der Waals surface area contributed by atoms with Gasteiger partial charge in [0.05, 0.1) is 0 Å². The van der Waals surface area contributed by atoms with Gasteiger partial charge in [0.25, 0.3) is 5.91 Å². The van der Waals surface area contributed by atoms with Crippen molar-refractivity contribution in [1.29, 1.82) is 0 Å². The number of nitrogens with one attached hydrogen (secondary N) is 2. The Morgan fingerprint density at radius 3 is 1.70 bits per heavy atom. The zero-order chi connectivity index (χ0) is 15.9. The topological polar surface area (TPSA) is 147 Å². The molecule has 1 aliphatic heterocycles. The van der Waals surface area contributed by atoms with Crippen LogP contribution in [-0.2, 0) is 24.0 Å². The van der Waals surface area contributed by atoms with Gasteiger partial charge in [-0.1, -0.05) is 0 Å². The second-order valence-electron chi connectivity index (χ2n) is 4.38.